The van der Waals surface area contributed by atoms with Gasteiger partial charge in [0.2, 0.25) is 0 Å². The van der Waals surface area contributed by atoms with E-state index in [1.54, 1.807) is 0 Å². The number of nitro groups is 1. The maximum Gasteiger partial charge on any atom is 0.304 e. The van der Waals surface area contributed by atoms with Crippen molar-refractivity contribution in [3.63, 3.8) is 0 Å². The van der Waals surface area contributed by atoms with Gasteiger partial charge < -0.3 is 4.90 Å². The molecule has 0 bridgehead atoms. The monoisotopic (exact) mass is 254 g/mol. The lowest BCUT2D eigenvalue weighted by atomic mass is 9.92. The third kappa shape index (κ3) is 2.17. The van der Waals surface area contributed by atoms with Gasteiger partial charge in [0.25, 0.3) is 0 Å². The van der Waals surface area contributed by atoms with E-state index in [1.807, 2.05) is 11.9 Å². The summed E-state index contributed by atoms with van der Waals surface area (Å²) in [4.78, 5) is 24.2. The van der Waals surface area contributed by atoms with E-state index in [1.165, 1.54) is 30.7 Å². The average molecular weight is 254 g/mol. The molecule has 5 nitrogen and oxygen atoms in total. The largest absolute Gasteiger partial charge is 0.358 e. The topological polar surface area (TPSA) is 63.4 Å². The highest BCUT2D eigenvalue weighted by molar-refractivity contribution is 7.18. The molecule has 1 heterocycles. The van der Waals surface area contributed by atoms with Gasteiger partial charge in [0.15, 0.2) is 10.8 Å². The molecule has 0 unspecified atom stereocenters. The summed E-state index contributed by atoms with van der Waals surface area (Å²) >= 11 is 1.22. The summed E-state index contributed by atoms with van der Waals surface area (Å²) in [5, 5.41) is 11.6. The highest BCUT2D eigenvalue weighted by Gasteiger charge is 2.30. The lowest BCUT2D eigenvalue weighted by molar-refractivity contribution is -0.383. The summed E-state index contributed by atoms with van der Waals surface area (Å²) in [5.74, 6) is -0.119. The Balaban J connectivity index is 2.36. The number of rotatable bonds is 4. The molecule has 1 saturated carbocycles. The van der Waals surface area contributed by atoms with Crippen LogP contribution in [0, 0.1) is 10.1 Å². The van der Waals surface area contributed by atoms with E-state index in [0.29, 0.717) is 15.9 Å². The minimum absolute atomic E-state index is 0.0506. The molecule has 2 rings (SSSR count). The number of nitrogens with zero attached hydrogens (tertiary/aromatic N) is 2. The van der Waals surface area contributed by atoms with E-state index < -0.39 is 4.92 Å². The Morgan fingerprint density at radius 2 is 2.24 bits per heavy atom. The fourth-order valence-corrected chi connectivity index (χ4v) is 2.92. The number of carbonyl (C=O) groups is 1. The van der Waals surface area contributed by atoms with Crippen LogP contribution in [-0.2, 0) is 0 Å². The fraction of sp³-hybridized carbons (Fsp3) is 0.545. The Hall–Kier alpha value is -1.43. The molecule has 0 amide bonds. The second kappa shape index (κ2) is 4.44. The maximum absolute atomic E-state index is 11.3. The minimum Gasteiger partial charge on any atom is -0.358 e. The first-order valence-electron chi connectivity index (χ1n) is 5.52. The smallest absolute Gasteiger partial charge is 0.304 e. The van der Waals surface area contributed by atoms with Crippen molar-refractivity contribution in [1.29, 1.82) is 0 Å². The van der Waals surface area contributed by atoms with Crippen LogP contribution < -0.4 is 4.90 Å². The predicted octanol–water partition coefficient (Wildman–Crippen LogP) is 2.85. The third-order valence-corrected chi connectivity index (χ3v) is 4.50. The first-order valence-corrected chi connectivity index (χ1v) is 6.34. The summed E-state index contributed by atoms with van der Waals surface area (Å²) in [6, 6.07) is 1.77. The number of thiophene rings is 1. The molecule has 92 valence electrons. The molecule has 0 N–H and O–H groups in total. The zero-order valence-electron chi connectivity index (χ0n) is 9.80. The van der Waals surface area contributed by atoms with Gasteiger partial charge in [0.1, 0.15) is 0 Å². The standard InChI is InChI=1S/C11H14N2O3S/c1-7(14)10-6-9(13(15)16)11(17-10)12(2)8-4-3-5-8/h6,8H,3-5H2,1-2H3. The SMILES string of the molecule is CC(=O)c1cc([N+](=O)[O-])c(N(C)C2CCC2)s1. The van der Waals surface area contributed by atoms with E-state index in [0.717, 1.165) is 12.8 Å². The molecule has 0 saturated heterocycles. The van der Waals surface area contributed by atoms with E-state index >= 15 is 0 Å². The Morgan fingerprint density at radius 3 is 2.65 bits per heavy atom. The van der Waals surface area contributed by atoms with Crippen molar-refractivity contribution in [3.8, 4) is 0 Å². The highest BCUT2D eigenvalue weighted by atomic mass is 32.1. The Kier molecular flexibility index (Phi) is 3.15. The van der Waals surface area contributed by atoms with Crippen molar-refractivity contribution < 1.29 is 9.72 Å². The van der Waals surface area contributed by atoms with Crippen LogP contribution in [0.15, 0.2) is 6.07 Å². The van der Waals surface area contributed by atoms with Crippen LogP contribution in [-0.4, -0.2) is 23.8 Å². The summed E-state index contributed by atoms with van der Waals surface area (Å²) in [7, 11) is 1.87. The number of anilines is 1. The second-order valence-electron chi connectivity index (χ2n) is 4.31. The molecule has 1 aromatic rings. The summed E-state index contributed by atoms with van der Waals surface area (Å²) in [5.41, 5.74) is 0.0506. The number of carbonyl (C=O) groups excluding carboxylic acids is 1. The lowest BCUT2D eigenvalue weighted by Gasteiger charge is -2.34. The molecular weight excluding hydrogens is 240 g/mol. The molecular formula is C11H14N2O3S. The molecule has 1 fully saturated rings. The van der Waals surface area contributed by atoms with Crippen molar-refractivity contribution in [3.05, 3.63) is 21.1 Å². The molecule has 6 heteroatoms. The molecule has 1 aliphatic carbocycles. The van der Waals surface area contributed by atoms with Crippen LogP contribution in [0.25, 0.3) is 0 Å². The van der Waals surface area contributed by atoms with E-state index in [2.05, 4.69) is 0 Å². The number of Topliss-reactive ketones (excluding diaryl/α,β-unsaturated/α-hetero) is 1. The van der Waals surface area contributed by atoms with Gasteiger partial charge in [-0.15, -0.1) is 11.3 Å². The lowest BCUT2D eigenvalue weighted by Crippen LogP contribution is -2.36. The van der Waals surface area contributed by atoms with E-state index in [9.17, 15) is 14.9 Å². The van der Waals surface area contributed by atoms with Gasteiger partial charge in [0.05, 0.1) is 9.80 Å². The van der Waals surface area contributed by atoms with Crippen LogP contribution in [0.4, 0.5) is 10.7 Å². The Bertz CT molecular complexity index is 465. The average Bonchev–Trinajstić information content (AvgIpc) is 2.58. The van der Waals surface area contributed by atoms with Gasteiger partial charge in [-0.2, -0.15) is 0 Å². The molecule has 0 radical (unpaired) electrons. The summed E-state index contributed by atoms with van der Waals surface area (Å²) in [6.07, 6.45) is 3.32. The third-order valence-electron chi connectivity index (χ3n) is 3.18. The summed E-state index contributed by atoms with van der Waals surface area (Å²) < 4.78 is 0. The second-order valence-corrected chi connectivity index (χ2v) is 5.34. The number of ketones is 1. The van der Waals surface area contributed by atoms with Crippen LogP contribution in [0.2, 0.25) is 0 Å². The predicted molar refractivity (Wildman–Crippen MR) is 67.0 cm³/mol. The quantitative estimate of drug-likeness (QED) is 0.471. The minimum atomic E-state index is -0.409. The van der Waals surface area contributed by atoms with Gasteiger partial charge in [-0.05, 0) is 26.2 Å². The zero-order valence-corrected chi connectivity index (χ0v) is 10.6. The van der Waals surface area contributed by atoms with Crippen molar-refractivity contribution in [2.45, 2.75) is 32.2 Å². The van der Waals surface area contributed by atoms with E-state index in [-0.39, 0.29) is 11.5 Å². The van der Waals surface area contributed by atoms with Crippen LogP contribution in [0.1, 0.15) is 35.9 Å². The Morgan fingerprint density at radius 1 is 1.59 bits per heavy atom. The molecule has 17 heavy (non-hydrogen) atoms. The molecule has 1 aliphatic rings. The normalized spacial score (nSPS) is 15.4. The summed E-state index contributed by atoms with van der Waals surface area (Å²) in [6.45, 7) is 1.43. The molecule has 0 aromatic carbocycles. The Labute approximate surface area is 103 Å². The first kappa shape index (κ1) is 12.0. The van der Waals surface area contributed by atoms with Gasteiger partial charge in [-0.25, -0.2) is 0 Å². The van der Waals surface area contributed by atoms with Crippen LogP contribution >= 0.6 is 11.3 Å². The van der Waals surface area contributed by atoms with Crippen molar-refractivity contribution in [2.24, 2.45) is 0 Å². The molecule has 0 atom stereocenters. The first-order chi connectivity index (χ1) is 8.00. The van der Waals surface area contributed by atoms with Crippen molar-refractivity contribution >= 4 is 27.8 Å². The van der Waals surface area contributed by atoms with Crippen molar-refractivity contribution in [2.75, 3.05) is 11.9 Å². The van der Waals surface area contributed by atoms with Gasteiger partial charge in [-0.1, -0.05) is 0 Å². The van der Waals surface area contributed by atoms with Gasteiger partial charge >= 0.3 is 5.69 Å². The van der Waals surface area contributed by atoms with Crippen LogP contribution in [0.3, 0.4) is 0 Å². The molecule has 0 spiro atoms. The number of hydrogen-bond acceptors (Lipinski definition) is 5. The maximum atomic E-state index is 11.3. The highest BCUT2D eigenvalue weighted by Crippen LogP contribution is 2.40. The molecule has 0 aliphatic heterocycles. The fourth-order valence-electron chi connectivity index (χ4n) is 1.87. The van der Waals surface area contributed by atoms with Crippen molar-refractivity contribution in [1.82, 2.24) is 0 Å². The van der Waals surface area contributed by atoms with E-state index in [4.69, 9.17) is 0 Å². The zero-order chi connectivity index (χ0) is 12.6. The van der Waals surface area contributed by atoms with Gasteiger partial charge in [-0.3, -0.25) is 14.9 Å². The number of hydrogen-bond donors (Lipinski definition) is 0. The van der Waals surface area contributed by atoms with Gasteiger partial charge in [0, 0.05) is 19.2 Å². The molecule has 1 aromatic heterocycles. The van der Waals surface area contributed by atoms with Crippen LogP contribution in [0.5, 0.6) is 0 Å².